The van der Waals surface area contributed by atoms with E-state index in [0.29, 0.717) is 0 Å². The number of hydrogen-bond acceptors (Lipinski definition) is 23. The molecule has 3 aliphatic heterocycles. The van der Waals surface area contributed by atoms with Gasteiger partial charge in [-0.2, -0.15) is 0 Å². The van der Waals surface area contributed by atoms with Gasteiger partial charge in [-0.1, -0.05) is 0 Å². The Balaban J connectivity index is 1.96. The largest absolute Gasteiger partial charge is 0.477 e. The third kappa shape index (κ3) is 11.3. The summed E-state index contributed by atoms with van der Waals surface area (Å²) in [5.41, 5.74) is 0. The summed E-state index contributed by atoms with van der Waals surface area (Å²) in [7, 11) is 0. The van der Waals surface area contributed by atoms with Crippen LogP contribution >= 0.6 is 0 Å². The third-order valence-electron chi connectivity index (χ3n) is 9.65. The van der Waals surface area contributed by atoms with E-state index in [1.54, 1.807) is 0 Å². The van der Waals surface area contributed by atoms with Crippen LogP contribution in [0, 0.1) is 0 Å². The van der Waals surface area contributed by atoms with Crippen LogP contribution in [0.1, 0.15) is 20.3 Å². The van der Waals surface area contributed by atoms with Crippen molar-refractivity contribution < 1.29 is 119 Å². The van der Waals surface area contributed by atoms with E-state index in [1.807, 2.05) is 0 Å². The minimum absolute atomic E-state index is 0.792. The molecule has 20 atom stereocenters. The number of aliphatic hydroxyl groups is 14. The number of aliphatic hydroxyl groups excluding tert-OH is 14. The van der Waals surface area contributed by atoms with Gasteiger partial charge in [0.25, 0.3) is 5.79 Å². The fourth-order valence-electron chi connectivity index (χ4n) is 6.63. The van der Waals surface area contributed by atoms with E-state index in [1.165, 1.54) is 0 Å². The maximum Gasteiger partial charge on any atom is 0.364 e. The number of carboxylic acid groups (broad SMARTS) is 1. The van der Waals surface area contributed by atoms with Crippen LogP contribution in [0.3, 0.4) is 0 Å². The number of carboxylic acids is 1. The topological polar surface area (TPSA) is 434 Å². The van der Waals surface area contributed by atoms with Crippen molar-refractivity contribution in [2.75, 3.05) is 33.0 Å². The highest BCUT2D eigenvalue weighted by molar-refractivity contribution is 5.76. The van der Waals surface area contributed by atoms with E-state index in [0.717, 1.165) is 13.8 Å². The van der Waals surface area contributed by atoms with E-state index >= 15 is 0 Å². The first kappa shape index (κ1) is 49.0. The molecule has 0 spiro atoms. The van der Waals surface area contributed by atoms with Crippen molar-refractivity contribution in [2.24, 2.45) is 0 Å². The zero-order valence-electron chi connectivity index (χ0n) is 30.6. The fraction of sp³-hybridized carbons (Fsp3) is 0.903. The second-order valence-corrected chi connectivity index (χ2v) is 13.8. The summed E-state index contributed by atoms with van der Waals surface area (Å²) in [6.07, 6.45) is -35.2. The smallest absolute Gasteiger partial charge is 0.364 e. The number of carbonyl (C=O) groups excluding carboxylic acids is 2. The summed E-state index contributed by atoms with van der Waals surface area (Å²) in [6.45, 7) is -3.26. The molecule has 3 rings (SSSR count). The van der Waals surface area contributed by atoms with Gasteiger partial charge in [-0.05, 0) is 0 Å². The van der Waals surface area contributed by atoms with Crippen molar-refractivity contribution in [3.05, 3.63) is 0 Å². The van der Waals surface area contributed by atoms with Crippen LogP contribution in [0.4, 0.5) is 0 Å². The molecule has 57 heavy (non-hydrogen) atoms. The summed E-state index contributed by atoms with van der Waals surface area (Å²) in [5.74, 6) is -6.78. The average molecular weight is 839 g/mol. The van der Waals surface area contributed by atoms with Gasteiger partial charge < -0.3 is 116 Å². The molecule has 3 saturated heterocycles. The molecule has 0 aromatic rings. The van der Waals surface area contributed by atoms with Gasteiger partial charge in [0.15, 0.2) is 12.6 Å². The van der Waals surface area contributed by atoms with Gasteiger partial charge in [0.2, 0.25) is 11.8 Å². The highest BCUT2D eigenvalue weighted by Gasteiger charge is 2.60. The van der Waals surface area contributed by atoms with E-state index in [-0.39, 0.29) is 0 Å². The van der Waals surface area contributed by atoms with Crippen LogP contribution in [-0.2, 0) is 42.8 Å². The van der Waals surface area contributed by atoms with Crippen molar-refractivity contribution in [3.63, 3.8) is 0 Å². The Morgan fingerprint density at radius 3 is 1.79 bits per heavy atom. The summed E-state index contributed by atoms with van der Waals surface area (Å²) < 4.78 is 33.6. The molecule has 0 aromatic heterocycles. The lowest BCUT2D eigenvalue weighted by atomic mass is 9.88. The number of hydrogen-bond donors (Lipinski definition) is 17. The molecule has 0 aliphatic carbocycles. The number of ether oxygens (including phenoxy) is 6. The quantitative estimate of drug-likeness (QED) is 0.0574. The summed E-state index contributed by atoms with van der Waals surface area (Å²) in [4.78, 5) is 36.9. The van der Waals surface area contributed by atoms with Crippen LogP contribution in [0.15, 0.2) is 0 Å². The normalized spacial score (nSPS) is 39.3. The van der Waals surface area contributed by atoms with Crippen LogP contribution in [-0.4, -0.2) is 249 Å². The van der Waals surface area contributed by atoms with E-state index in [2.05, 4.69) is 10.6 Å². The van der Waals surface area contributed by atoms with Crippen molar-refractivity contribution >= 4 is 17.8 Å². The highest BCUT2D eigenvalue weighted by Crippen LogP contribution is 2.38. The molecule has 2 amide bonds. The lowest BCUT2D eigenvalue weighted by Crippen LogP contribution is -2.71. The van der Waals surface area contributed by atoms with Crippen LogP contribution < -0.4 is 10.6 Å². The molecule has 3 aliphatic rings. The minimum atomic E-state index is -3.12. The predicted molar refractivity (Wildman–Crippen MR) is 176 cm³/mol. The molecule has 26 nitrogen and oxygen atoms in total. The number of carbonyl (C=O) groups is 3. The van der Waals surface area contributed by atoms with Gasteiger partial charge in [-0.3, -0.25) is 9.59 Å². The molecular formula is C31H54N2O24. The summed E-state index contributed by atoms with van der Waals surface area (Å²) >= 11 is 0. The van der Waals surface area contributed by atoms with Gasteiger partial charge in [0, 0.05) is 20.3 Å². The zero-order valence-corrected chi connectivity index (χ0v) is 30.6. The molecule has 332 valence electrons. The lowest BCUT2D eigenvalue weighted by molar-refractivity contribution is -0.384. The maximum absolute atomic E-state index is 12.8. The van der Waals surface area contributed by atoms with Crippen LogP contribution in [0.5, 0.6) is 0 Å². The molecule has 17 N–H and O–H groups in total. The van der Waals surface area contributed by atoms with Crippen LogP contribution in [0.25, 0.3) is 0 Å². The number of rotatable bonds is 19. The first-order valence-electron chi connectivity index (χ1n) is 17.6. The molecule has 26 heteroatoms. The first-order valence-corrected chi connectivity index (χ1v) is 17.6. The lowest BCUT2D eigenvalue weighted by Gasteiger charge is -2.51. The second-order valence-electron chi connectivity index (χ2n) is 13.8. The Morgan fingerprint density at radius 1 is 0.719 bits per heavy atom. The van der Waals surface area contributed by atoms with Crippen molar-refractivity contribution in [2.45, 2.75) is 142 Å². The molecule has 0 aromatic carbocycles. The first-order chi connectivity index (χ1) is 26.7. The van der Waals surface area contributed by atoms with Crippen molar-refractivity contribution in [1.82, 2.24) is 10.6 Å². The highest BCUT2D eigenvalue weighted by atomic mass is 16.8. The third-order valence-corrected chi connectivity index (χ3v) is 9.65. The van der Waals surface area contributed by atoms with Gasteiger partial charge in [0.05, 0.1) is 45.2 Å². The molecule has 0 bridgehead atoms. The molecule has 3 fully saturated rings. The average Bonchev–Trinajstić information content (AvgIpc) is 3.17. The SMILES string of the molecule is CC(=O)N[C@H]1[C@H](O[C@H](CO)[C@@H](O)[C@H](O)[C@H](O)CO)O[C@H](CO)[C@@H](O[C@@H]2O[C@H](CO)[C@H](O)[C@H](O[C@]3(C(=O)O)C[C@H](O)[C@@H](NC(C)=O)[C@H]([C@H](O)[C@H](O)CO)O3)[C@H]2O)[C@@H]1O. The van der Waals surface area contributed by atoms with Gasteiger partial charge >= 0.3 is 5.97 Å². The Morgan fingerprint density at radius 2 is 1.28 bits per heavy atom. The number of nitrogens with one attached hydrogen (secondary N) is 2. The van der Waals surface area contributed by atoms with Gasteiger partial charge in [0.1, 0.15) is 91.5 Å². The minimum Gasteiger partial charge on any atom is -0.477 e. The molecule has 0 radical (unpaired) electrons. The summed E-state index contributed by atoms with van der Waals surface area (Å²) in [6, 6.07) is -3.33. The van der Waals surface area contributed by atoms with Crippen molar-refractivity contribution in [1.29, 1.82) is 0 Å². The Labute approximate surface area is 323 Å². The standard InChI is InChI=1S/C31H54N2O24/c1-9(39)32-17-11(41)3-31(30(50)51,56-26(17)20(45)13(43)5-35)57-27-22(47)15(7-37)53-29(24(27)49)55-25-16(8-38)54-28(18(23(25)48)33-10(2)40)52-14(6-36)21(46)19(44)12(42)4-34/h11-29,34-38,41-49H,3-8H2,1-2H3,(H,32,39)(H,33,40)(H,50,51)/t11-,12+,13+,14+,15+,16+,17+,18+,19+,20+,21+,22-,23+,24+,25+,26+,27-,28+,29-,31-/m0/s1. The predicted octanol–water partition coefficient (Wildman–Crippen LogP) is -10.6. The maximum atomic E-state index is 12.8. The van der Waals surface area contributed by atoms with E-state index < -0.39 is 179 Å². The monoisotopic (exact) mass is 838 g/mol. The fourth-order valence-corrected chi connectivity index (χ4v) is 6.63. The second kappa shape index (κ2) is 21.2. The molecular weight excluding hydrogens is 784 g/mol. The summed E-state index contributed by atoms with van der Waals surface area (Å²) in [5, 5.41) is 160. The Hall–Kier alpha value is -2.39. The van der Waals surface area contributed by atoms with E-state index in [4.69, 9.17) is 33.5 Å². The van der Waals surface area contributed by atoms with Crippen LogP contribution in [0.2, 0.25) is 0 Å². The number of aliphatic carboxylic acids is 1. The number of amides is 2. The van der Waals surface area contributed by atoms with Gasteiger partial charge in [-0.15, -0.1) is 0 Å². The Bertz CT molecular complexity index is 1300. The van der Waals surface area contributed by atoms with Crippen molar-refractivity contribution in [3.8, 4) is 0 Å². The van der Waals surface area contributed by atoms with Gasteiger partial charge in [-0.25, -0.2) is 4.79 Å². The molecule has 3 heterocycles. The Kier molecular flexibility index (Phi) is 18.2. The zero-order chi connectivity index (χ0) is 43.1. The van der Waals surface area contributed by atoms with E-state index in [9.17, 15) is 85.9 Å². The molecule has 0 saturated carbocycles. The molecule has 0 unspecified atom stereocenters.